The number of nitrogens with one attached hydrogen (secondary N) is 1. The Morgan fingerprint density at radius 1 is 1.00 bits per heavy atom. The Bertz CT molecular complexity index is 1190. The summed E-state index contributed by atoms with van der Waals surface area (Å²) in [7, 11) is -1.92. The Morgan fingerprint density at radius 2 is 1.62 bits per heavy atom. The van der Waals surface area contributed by atoms with Crippen LogP contribution in [0.25, 0.3) is 11.1 Å². The smallest absolute Gasteiger partial charge is 0.270 e. The van der Waals surface area contributed by atoms with E-state index in [1.807, 2.05) is 12.1 Å². The second kappa shape index (κ2) is 12.3. The molecule has 2 N–H and O–H groups in total. The minimum atomic E-state index is -3.67. The Kier molecular flexibility index (Phi) is 9.12. The molecule has 2 aliphatic rings. The molecule has 0 saturated carbocycles. The maximum absolute atomic E-state index is 13.0. The Morgan fingerprint density at radius 3 is 2.16 bits per heavy atom. The van der Waals surface area contributed by atoms with Crippen LogP contribution in [-0.4, -0.2) is 92.7 Å². The first-order valence-electron chi connectivity index (χ1n) is 12.6. The van der Waals surface area contributed by atoms with Crippen LogP contribution in [0.15, 0.2) is 65.1 Å². The van der Waals surface area contributed by atoms with Gasteiger partial charge in [0.1, 0.15) is 0 Å². The van der Waals surface area contributed by atoms with E-state index in [1.54, 1.807) is 24.7 Å². The van der Waals surface area contributed by atoms with Gasteiger partial charge in [0.05, 0.1) is 11.5 Å². The molecule has 1 amide bonds. The van der Waals surface area contributed by atoms with Crippen LogP contribution in [0.1, 0.15) is 18.9 Å². The molecule has 4 rings (SSSR count). The number of sulfonamides is 1. The van der Waals surface area contributed by atoms with E-state index in [-0.39, 0.29) is 24.4 Å². The normalized spacial score (nSPS) is 18.8. The van der Waals surface area contributed by atoms with Crippen LogP contribution in [0.5, 0.6) is 0 Å². The number of hydrogen-bond donors (Lipinski definition) is 2. The van der Waals surface area contributed by atoms with E-state index < -0.39 is 15.9 Å². The molecule has 1 fully saturated rings. The second-order valence-electron chi connectivity index (χ2n) is 9.62. The zero-order valence-corrected chi connectivity index (χ0v) is 22.3. The van der Waals surface area contributed by atoms with Gasteiger partial charge in [0.2, 0.25) is 10.0 Å². The average molecular weight is 529 g/mol. The van der Waals surface area contributed by atoms with Gasteiger partial charge in [-0.25, -0.2) is 13.9 Å². The lowest BCUT2D eigenvalue weighted by Gasteiger charge is -2.37. The molecule has 2 aliphatic heterocycles. The summed E-state index contributed by atoms with van der Waals surface area (Å²) in [5.74, 6) is -0.595. The fourth-order valence-electron chi connectivity index (χ4n) is 4.88. The summed E-state index contributed by atoms with van der Waals surface area (Å²) in [5, 5.41) is 8.76. The van der Waals surface area contributed by atoms with Gasteiger partial charge in [-0.2, -0.15) is 4.31 Å². The van der Waals surface area contributed by atoms with Gasteiger partial charge in [-0.05, 0) is 42.2 Å². The van der Waals surface area contributed by atoms with E-state index in [1.165, 1.54) is 15.9 Å². The molecule has 0 aromatic heterocycles. The molecule has 2 aromatic carbocycles. The molecule has 2 aromatic rings. The summed E-state index contributed by atoms with van der Waals surface area (Å²) in [4.78, 5) is 16.7. The first-order valence-corrected chi connectivity index (χ1v) is 14.0. The largest absolute Gasteiger partial charge is 0.383 e. The van der Waals surface area contributed by atoms with Crippen molar-refractivity contribution >= 4 is 15.9 Å². The zero-order chi connectivity index (χ0) is 26.4. The number of nitrogens with zero attached hydrogens (tertiary/aromatic N) is 3. The first-order chi connectivity index (χ1) is 17.8. The molecule has 0 spiro atoms. The van der Waals surface area contributed by atoms with E-state index in [0.717, 1.165) is 50.5 Å². The van der Waals surface area contributed by atoms with Crippen LogP contribution in [-0.2, 0) is 26.1 Å². The summed E-state index contributed by atoms with van der Waals surface area (Å²) < 4.78 is 32.7. The van der Waals surface area contributed by atoms with Crippen molar-refractivity contribution in [1.82, 2.24) is 19.6 Å². The minimum Gasteiger partial charge on any atom is -0.383 e. The molecule has 1 atom stereocenters. The molecule has 9 nitrogen and oxygen atoms in total. The number of carbonyl (C=O) groups is 1. The minimum absolute atomic E-state index is 0.0928. The van der Waals surface area contributed by atoms with Crippen molar-refractivity contribution in [3.05, 3.63) is 65.7 Å². The molecular formula is C27H36N4O5S. The summed E-state index contributed by atoms with van der Waals surface area (Å²) in [6.45, 7) is 8.33. The molecule has 10 heteroatoms. The molecule has 200 valence electrons. The number of methoxy groups -OCH3 is 1. The molecule has 2 heterocycles. The third-order valence-corrected chi connectivity index (χ3v) is 9.07. The van der Waals surface area contributed by atoms with Crippen LogP contribution < -0.4 is 5.48 Å². The van der Waals surface area contributed by atoms with Crippen molar-refractivity contribution in [2.45, 2.75) is 30.8 Å². The third kappa shape index (κ3) is 6.64. The van der Waals surface area contributed by atoms with Gasteiger partial charge < -0.3 is 4.74 Å². The molecule has 0 radical (unpaired) electrons. The lowest BCUT2D eigenvalue weighted by molar-refractivity contribution is -0.125. The van der Waals surface area contributed by atoms with E-state index in [0.29, 0.717) is 11.6 Å². The molecular weight excluding hydrogens is 492 g/mol. The summed E-state index contributed by atoms with van der Waals surface area (Å²) >= 11 is 0. The lowest BCUT2D eigenvalue weighted by atomic mass is 10.0. The van der Waals surface area contributed by atoms with Crippen LogP contribution >= 0.6 is 0 Å². The van der Waals surface area contributed by atoms with Crippen molar-refractivity contribution in [1.29, 1.82) is 0 Å². The molecule has 0 bridgehead atoms. The van der Waals surface area contributed by atoms with Crippen LogP contribution in [0, 0.1) is 0 Å². The summed E-state index contributed by atoms with van der Waals surface area (Å²) in [6.07, 6.45) is 1.78. The van der Waals surface area contributed by atoms with Crippen molar-refractivity contribution in [2.75, 3.05) is 53.0 Å². The predicted molar refractivity (Wildman–Crippen MR) is 141 cm³/mol. The van der Waals surface area contributed by atoms with Gasteiger partial charge in [0, 0.05) is 64.5 Å². The summed E-state index contributed by atoms with van der Waals surface area (Å²) in [5.41, 5.74) is 5.22. The highest BCUT2D eigenvalue weighted by Crippen LogP contribution is 2.25. The highest BCUT2D eigenvalue weighted by atomic mass is 32.2. The second-order valence-corrected chi connectivity index (χ2v) is 11.6. The Hall–Kier alpha value is -2.60. The quantitative estimate of drug-likeness (QED) is 0.380. The number of carbonyl (C=O) groups excluding carboxylic acids is 1. The molecule has 37 heavy (non-hydrogen) atoms. The average Bonchev–Trinajstić information content (AvgIpc) is 2.93. The maximum Gasteiger partial charge on any atom is 0.270 e. The Labute approximate surface area is 219 Å². The highest BCUT2D eigenvalue weighted by molar-refractivity contribution is 7.89. The van der Waals surface area contributed by atoms with Crippen LogP contribution in [0.2, 0.25) is 0 Å². The maximum atomic E-state index is 13.0. The predicted octanol–water partition coefficient (Wildman–Crippen LogP) is 2.33. The van der Waals surface area contributed by atoms with Crippen LogP contribution in [0.3, 0.4) is 0 Å². The van der Waals surface area contributed by atoms with E-state index in [4.69, 9.17) is 9.94 Å². The van der Waals surface area contributed by atoms with Gasteiger partial charge in [-0.1, -0.05) is 42.5 Å². The van der Waals surface area contributed by atoms with E-state index >= 15 is 0 Å². The number of rotatable bonds is 9. The van der Waals surface area contributed by atoms with E-state index in [2.05, 4.69) is 41.0 Å². The number of piperazine rings is 1. The van der Waals surface area contributed by atoms with Crippen molar-refractivity contribution < 1.29 is 23.2 Å². The van der Waals surface area contributed by atoms with Crippen molar-refractivity contribution in [3.8, 4) is 11.1 Å². The fourth-order valence-corrected chi connectivity index (χ4v) is 6.27. The molecule has 1 saturated heterocycles. The Balaban J connectivity index is 1.34. The number of amides is 1. The van der Waals surface area contributed by atoms with Crippen LogP contribution in [0.4, 0.5) is 0 Å². The van der Waals surface area contributed by atoms with Gasteiger partial charge >= 0.3 is 0 Å². The monoisotopic (exact) mass is 528 g/mol. The van der Waals surface area contributed by atoms with Crippen molar-refractivity contribution in [3.63, 3.8) is 0 Å². The number of hydrogen-bond acceptors (Lipinski definition) is 7. The summed E-state index contributed by atoms with van der Waals surface area (Å²) in [6, 6.07) is 15.8. The molecule has 0 aliphatic carbocycles. The SMILES string of the molecule is COCC(C)N1CCN(Cc2ccc(-c3ccc(S(=O)(=O)N4CC=C(C(=O)NO)CC4)cc3)cc2)CC1. The standard InChI is InChI=1S/C27H36N4O5S/c1-21(20-36-2)30-17-15-29(16-18-30)19-22-3-5-23(6-4-22)24-7-9-26(10-8-24)37(34,35)31-13-11-25(12-14-31)27(32)28-33/h3-11,21,33H,12-20H2,1-2H3,(H,28,32). The number of ether oxygens (including phenoxy) is 1. The number of hydroxylamine groups is 1. The zero-order valence-electron chi connectivity index (χ0n) is 21.5. The van der Waals surface area contributed by atoms with E-state index in [9.17, 15) is 13.2 Å². The van der Waals surface area contributed by atoms with Gasteiger partial charge in [-0.15, -0.1) is 0 Å². The number of benzene rings is 2. The molecule has 1 unspecified atom stereocenters. The topological polar surface area (TPSA) is 102 Å². The van der Waals surface area contributed by atoms with Crippen molar-refractivity contribution in [2.24, 2.45) is 0 Å². The fraction of sp³-hybridized carbons (Fsp3) is 0.444. The lowest BCUT2D eigenvalue weighted by Crippen LogP contribution is -2.50. The third-order valence-electron chi connectivity index (χ3n) is 7.19. The van der Waals surface area contributed by atoms with Gasteiger partial charge in [0.15, 0.2) is 0 Å². The highest BCUT2D eigenvalue weighted by Gasteiger charge is 2.27. The first kappa shape index (κ1) is 27.4. The van der Waals surface area contributed by atoms with Gasteiger partial charge in [-0.3, -0.25) is 19.8 Å². The van der Waals surface area contributed by atoms with Gasteiger partial charge in [0.25, 0.3) is 5.91 Å².